The summed E-state index contributed by atoms with van der Waals surface area (Å²) in [5.41, 5.74) is 0.645. The van der Waals surface area contributed by atoms with Gasteiger partial charge in [-0.05, 0) is 19.4 Å². The van der Waals surface area contributed by atoms with E-state index in [9.17, 15) is 4.79 Å². The van der Waals surface area contributed by atoms with Crippen LogP contribution in [0.1, 0.15) is 46.3 Å². The van der Waals surface area contributed by atoms with E-state index < -0.39 is 5.97 Å². The second-order valence-electron chi connectivity index (χ2n) is 4.24. The highest BCUT2D eigenvalue weighted by atomic mass is 32.1. The summed E-state index contributed by atoms with van der Waals surface area (Å²) < 4.78 is 5.31. The molecule has 6 heteroatoms. The highest BCUT2D eigenvalue weighted by Crippen LogP contribution is 2.20. The smallest absolute Gasteiger partial charge is 0.372 e. The minimum atomic E-state index is -1.03. The number of furan rings is 1. The van der Waals surface area contributed by atoms with Gasteiger partial charge < -0.3 is 14.8 Å². The third kappa shape index (κ3) is 3.21. The van der Waals surface area contributed by atoms with Gasteiger partial charge >= 0.3 is 5.97 Å². The van der Waals surface area contributed by atoms with Crippen LogP contribution in [0.5, 0.6) is 0 Å². The number of nitrogens with zero attached hydrogens (tertiary/aromatic N) is 1. The summed E-state index contributed by atoms with van der Waals surface area (Å²) in [5.74, 6) is -0.389. The molecule has 5 nitrogen and oxygen atoms in total. The number of hydrogen-bond donors (Lipinski definition) is 2. The molecule has 0 fully saturated rings. The van der Waals surface area contributed by atoms with Crippen molar-refractivity contribution in [1.29, 1.82) is 0 Å². The third-order valence-electron chi connectivity index (χ3n) is 2.84. The van der Waals surface area contributed by atoms with Gasteiger partial charge in [0.2, 0.25) is 5.76 Å². The molecule has 1 atom stereocenters. The first-order valence-corrected chi connectivity index (χ1v) is 6.95. The van der Waals surface area contributed by atoms with E-state index in [1.807, 2.05) is 5.38 Å². The Morgan fingerprint density at radius 3 is 2.95 bits per heavy atom. The Morgan fingerprint density at radius 1 is 1.63 bits per heavy atom. The fraction of sp³-hybridized carbons (Fsp3) is 0.385. The first-order chi connectivity index (χ1) is 9.11. The van der Waals surface area contributed by atoms with Gasteiger partial charge in [-0.15, -0.1) is 11.3 Å². The van der Waals surface area contributed by atoms with Crippen molar-refractivity contribution in [1.82, 2.24) is 10.3 Å². The Balaban J connectivity index is 2.02. The molecule has 0 bridgehead atoms. The number of nitrogens with one attached hydrogen (secondary N) is 1. The molecule has 2 rings (SSSR count). The second kappa shape index (κ2) is 5.99. The summed E-state index contributed by atoms with van der Waals surface area (Å²) in [4.78, 5) is 15.2. The minimum absolute atomic E-state index is 0.0131. The molecule has 0 saturated carbocycles. The summed E-state index contributed by atoms with van der Waals surface area (Å²) in [5, 5.41) is 15.2. The number of thiazole rings is 1. The largest absolute Gasteiger partial charge is 0.475 e. The van der Waals surface area contributed by atoms with Crippen molar-refractivity contribution in [2.45, 2.75) is 32.9 Å². The van der Waals surface area contributed by atoms with E-state index in [-0.39, 0.29) is 11.8 Å². The zero-order valence-electron chi connectivity index (χ0n) is 10.8. The van der Waals surface area contributed by atoms with Crippen LogP contribution >= 0.6 is 11.3 Å². The summed E-state index contributed by atoms with van der Waals surface area (Å²) in [7, 11) is 0. The maximum absolute atomic E-state index is 10.9. The Morgan fingerprint density at radius 2 is 2.42 bits per heavy atom. The number of carboxylic acid groups (broad SMARTS) is 1. The molecule has 2 heterocycles. The molecule has 0 aromatic carbocycles. The zero-order valence-corrected chi connectivity index (χ0v) is 11.7. The van der Waals surface area contributed by atoms with Crippen LogP contribution < -0.4 is 5.32 Å². The van der Waals surface area contributed by atoms with Crippen molar-refractivity contribution in [3.05, 3.63) is 39.7 Å². The Bertz CT molecular complexity index is 548. The molecule has 0 aliphatic heterocycles. The van der Waals surface area contributed by atoms with Crippen LogP contribution in [-0.2, 0) is 6.54 Å². The molecule has 19 heavy (non-hydrogen) atoms. The van der Waals surface area contributed by atoms with Gasteiger partial charge in [0.15, 0.2) is 0 Å². The van der Waals surface area contributed by atoms with E-state index in [0.29, 0.717) is 17.9 Å². The minimum Gasteiger partial charge on any atom is -0.475 e. The molecule has 2 aromatic rings. The average molecular weight is 280 g/mol. The molecule has 0 aliphatic rings. The van der Waals surface area contributed by atoms with Crippen LogP contribution in [0.2, 0.25) is 0 Å². The van der Waals surface area contributed by atoms with E-state index in [1.165, 1.54) is 0 Å². The van der Waals surface area contributed by atoms with Crippen LogP contribution in [0.15, 0.2) is 22.1 Å². The van der Waals surface area contributed by atoms with E-state index in [4.69, 9.17) is 9.52 Å². The monoisotopic (exact) mass is 280 g/mol. The molecule has 2 aromatic heterocycles. The zero-order chi connectivity index (χ0) is 13.8. The van der Waals surface area contributed by atoms with Crippen LogP contribution in [0.4, 0.5) is 0 Å². The lowest BCUT2D eigenvalue weighted by molar-refractivity contribution is 0.0659. The van der Waals surface area contributed by atoms with Gasteiger partial charge in [0.1, 0.15) is 10.8 Å². The predicted molar refractivity (Wildman–Crippen MR) is 72.4 cm³/mol. The number of carbonyl (C=O) groups is 1. The van der Waals surface area contributed by atoms with Gasteiger partial charge in [0.05, 0.1) is 12.6 Å². The molecule has 1 unspecified atom stereocenters. The molecule has 102 valence electrons. The molecule has 0 saturated heterocycles. The standard InChI is InChI=1S/C13H16N2O3S/c1-3-10(12-14-4-5-19-12)15-7-9-6-8(2)11(18-9)13(16)17/h4-6,10,15H,3,7H2,1-2H3,(H,16,17). The lowest BCUT2D eigenvalue weighted by atomic mass is 10.2. The lowest BCUT2D eigenvalue weighted by Crippen LogP contribution is -2.19. The first-order valence-electron chi connectivity index (χ1n) is 6.07. The fourth-order valence-electron chi connectivity index (χ4n) is 1.88. The van der Waals surface area contributed by atoms with E-state index in [2.05, 4.69) is 17.2 Å². The maximum Gasteiger partial charge on any atom is 0.372 e. The first kappa shape index (κ1) is 13.8. The van der Waals surface area contributed by atoms with Gasteiger partial charge in [-0.1, -0.05) is 6.92 Å². The van der Waals surface area contributed by atoms with Crippen molar-refractivity contribution < 1.29 is 14.3 Å². The average Bonchev–Trinajstić information content (AvgIpc) is 3.00. The molecule has 2 N–H and O–H groups in total. The number of aryl methyl sites for hydroxylation is 1. The van der Waals surface area contributed by atoms with Crippen molar-refractivity contribution in [3.63, 3.8) is 0 Å². The van der Waals surface area contributed by atoms with Crippen molar-refractivity contribution in [2.24, 2.45) is 0 Å². The maximum atomic E-state index is 10.9. The van der Waals surface area contributed by atoms with Crippen LogP contribution in [0.3, 0.4) is 0 Å². The summed E-state index contributed by atoms with van der Waals surface area (Å²) in [6, 6.07) is 1.92. The normalized spacial score (nSPS) is 12.5. The number of hydrogen-bond acceptors (Lipinski definition) is 5. The Hall–Kier alpha value is -1.66. The summed E-state index contributed by atoms with van der Waals surface area (Å²) >= 11 is 1.61. The SMILES string of the molecule is CCC(NCc1cc(C)c(C(=O)O)o1)c1nccs1. The number of rotatable bonds is 6. The molecule has 0 spiro atoms. The molecular weight excluding hydrogens is 264 g/mol. The van der Waals surface area contributed by atoms with Gasteiger partial charge in [0, 0.05) is 17.1 Å². The van der Waals surface area contributed by atoms with Crippen molar-refractivity contribution in [3.8, 4) is 0 Å². The predicted octanol–water partition coefficient (Wildman–Crippen LogP) is 2.98. The Kier molecular flexibility index (Phi) is 4.34. The number of carboxylic acids is 1. The summed E-state index contributed by atoms with van der Waals surface area (Å²) in [6.07, 6.45) is 2.70. The van der Waals surface area contributed by atoms with Crippen LogP contribution in [0.25, 0.3) is 0 Å². The molecule has 0 aliphatic carbocycles. The van der Waals surface area contributed by atoms with E-state index in [1.54, 1.807) is 30.5 Å². The van der Waals surface area contributed by atoms with Gasteiger partial charge in [-0.25, -0.2) is 9.78 Å². The number of aromatic nitrogens is 1. The van der Waals surface area contributed by atoms with E-state index in [0.717, 1.165) is 11.4 Å². The quantitative estimate of drug-likeness (QED) is 0.850. The second-order valence-corrected chi connectivity index (χ2v) is 5.17. The topological polar surface area (TPSA) is 75.4 Å². The summed E-state index contributed by atoms with van der Waals surface area (Å²) in [6.45, 7) is 4.30. The highest BCUT2D eigenvalue weighted by Gasteiger charge is 2.16. The van der Waals surface area contributed by atoms with Gasteiger partial charge in [-0.3, -0.25) is 0 Å². The van der Waals surface area contributed by atoms with Crippen LogP contribution in [0, 0.1) is 6.92 Å². The lowest BCUT2D eigenvalue weighted by Gasteiger charge is -2.12. The molecule has 0 radical (unpaired) electrons. The van der Waals surface area contributed by atoms with Gasteiger partial charge in [-0.2, -0.15) is 0 Å². The highest BCUT2D eigenvalue weighted by molar-refractivity contribution is 7.09. The molecule has 0 amide bonds. The number of aromatic carboxylic acids is 1. The van der Waals surface area contributed by atoms with Gasteiger partial charge in [0.25, 0.3) is 0 Å². The molecular formula is C13H16N2O3S. The van der Waals surface area contributed by atoms with Crippen molar-refractivity contribution >= 4 is 17.3 Å². The fourth-order valence-corrected chi connectivity index (χ4v) is 2.68. The van der Waals surface area contributed by atoms with E-state index >= 15 is 0 Å². The van der Waals surface area contributed by atoms with Crippen LogP contribution in [-0.4, -0.2) is 16.1 Å². The third-order valence-corrected chi connectivity index (χ3v) is 3.73. The Labute approximate surface area is 115 Å². The van der Waals surface area contributed by atoms with Crippen molar-refractivity contribution in [2.75, 3.05) is 0 Å².